The van der Waals surface area contributed by atoms with Crippen LogP contribution in [0.5, 0.6) is 0 Å². The van der Waals surface area contributed by atoms with E-state index in [1.807, 2.05) is 0 Å². The largest absolute Gasteiger partial charge is 0.456 e. The van der Waals surface area contributed by atoms with Gasteiger partial charge in [-0.2, -0.15) is 0 Å². The van der Waals surface area contributed by atoms with Gasteiger partial charge in [-0.1, -0.05) is 158 Å². The van der Waals surface area contributed by atoms with Gasteiger partial charge in [0.25, 0.3) is 0 Å². The second-order valence-electron chi connectivity index (χ2n) is 18.3. The molecular weight excluding hydrogens is 841 g/mol. The van der Waals surface area contributed by atoms with Crippen LogP contribution < -0.4 is 5.32 Å². The van der Waals surface area contributed by atoms with Crippen molar-refractivity contribution in [1.82, 2.24) is 14.5 Å². The van der Waals surface area contributed by atoms with Crippen LogP contribution in [-0.2, 0) is 0 Å². The van der Waals surface area contributed by atoms with E-state index in [1.54, 1.807) is 0 Å². The van der Waals surface area contributed by atoms with Crippen LogP contribution in [0.15, 0.2) is 240 Å². The average molecular weight is 881 g/mol. The molecule has 4 heterocycles. The van der Waals surface area contributed by atoms with Crippen molar-refractivity contribution >= 4 is 109 Å². The van der Waals surface area contributed by atoms with E-state index in [0.29, 0.717) is 0 Å². The van der Waals surface area contributed by atoms with Crippen LogP contribution in [0.4, 0.5) is 0 Å². The summed E-state index contributed by atoms with van der Waals surface area (Å²) in [4.78, 5) is 5.83. The monoisotopic (exact) mass is 880 g/mol. The van der Waals surface area contributed by atoms with Crippen LogP contribution in [0, 0.1) is 0 Å². The highest BCUT2D eigenvalue weighted by molar-refractivity contribution is 6.22. The van der Waals surface area contributed by atoms with Crippen molar-refractivity contribution < 1.29 is 4.42 Å². The van der Waals surface area contributed by atoms with Crippen molar-refractivity contribution in [1.29, 1.82) is 0 Å². The lowest BCUT2D eigenvalue weighted by atomic mass is 9.96. The van der Waals surface area contributed by atoms with Crippen LogP contribution in [0.3, 0.4) is 0 Å². The highest BCUT2D eigenvalue weighted by Crippen LogP contribution is 2.44. The third-order valence-corrected chi connectivity index (χ3v) is 14.5. The quantitative estimate of drug-likeness (QED) is 0.187. The maximum absolute atomic E-state index is 6.90. The summed E-state index contributed by atoms with van der Waals surface area (Å²) < 4.78 is 11.8. The topological polar surface area (TPSA) is 47.4 Å². The summed E-state index contributed by atoms with van der Waals surface area (Å²) in [5, 5.41) is 18.0. The first-order chi connectivity index (χ1) is 34.2. The van der Waals surface area contributed by atoms with Crippen LogP contribution in [-0.4, -0.2) is 15.0 Å². The van der Waals surface area contributed by atoms with Crippen molar-refractivity contribution in [3.8, 4) is 11.4 Å². The Kier molecular flexibility index (Phi) is 8.06. The Bertz CT molecular complexity index is 4530. The zero-order chi connectivity index (χ0) is 45.2. The first-order valence-electron chi connectivity index (χ1n) is 23.6. The maximum atomic E-state index is 6.90. The predicted octanol–water partition coefficient (Wildman–Crippen LogP) is 16.4. The number of para-hydroxylation sites is 4. The molecule has 1 aliphatic heterocycles. The molecule has 322 valence electrons. The molecule has 1 atom stereocenters. The van der Waals surface area contributed by atoms with E-state index in [2.05, 4.69) is 245 Å². The second-order valence-corrected chi connectivity index (χ2v) is 18.3. The Morgan fingerprint density at radius 2 is 1.01 bits per heavy atom. The summed E-state index contributed by atoms with van der Waals surface area (Å²) in [6, 6.07) is 80.9. The van der Waals surface area contributed by atoms with E-state index in [0.717, 1.165) is 94.4 Å². The molecule has 15 rings (SSSR count). The van der Waals surface area contributed by atoms with Crippen LogP contribution >= 0.6 is 0 Å². The molecule has 0 bridgehead atoms. The number of nitrogens with zero attached hydrogens (tertiary/aromatic N) is 3. The second kappa shape index (κ2) is 14.7. The summed E-state index contributed by atoms with van der Waals surface area (Å²) in [6.07, 6.45) is 2.32. The average Bonchev–Trinajstić information content (AvgIpc) is 4.06. The van der Waals surface area contributed by atoms with Gasteiger partial charge >= 0.3 is 0 Å². The van der Waals surface area contributed by atoms with E-state index in [-0.39, 0.29) is 6.04 Å². The van der Waals surface area contributed by atoms with Crippen molar-refractivity contribution in [2.75, 3.05) is 0 Å². The van der Waals surface area contributed by atoms with Crippen molar-refractivity contribution in [3.05, 3.63) is 247 Å². The number of benzene rings is 11. The smallest absolute Gasteiger partial charge is 0.137 e. The van der Waals surface area contributed by atoms with Gasteiger partial charge < -0.3 is 18.9 Å². The Balaban J connectivity index is 1.07. The van der Waals surface area contributed by atoms with Gasteiger partial charge in [0.1, 0.15) is 17.0 Å². The molecule has 14 aromatic rings. The Labute approximate surface area is 396 Å². The molecule has 0 radical (unpaired) electrons. The van der Waals surface area contributed by atoms with Gasteiger partial charge in [-0.15, -0.1) is 0 Å². The molecule has 11 aromatic carbocycles. The Morgan fingerprint density at radius 1 is 0.406 bits per heavy atom. The third kappa shape index (κ3) is 5.74. The number of hydrogen-bond acceptors (Lipinski definition) is 3. The van der Waals surface area contributed by atoms with Crippen LogP contribution in [0.2, 0.25) is 0 Å². The van der Waals surface area contributed by atoms with Gasteiger partial charge in [-0.05, 0) is 111 Å². The third-order valence-electron chi connectivity index (χ3n) is 14.5. The number of aromatic nitrogens is 2. The van der Waals surface area contributed by atoms with E-state index >= 15 is 0 Å². The molecular formula is C64H40N4O. The summed E-state index contributed by atoms with van der Waals surface area (Å²) in [5.74, 6) is 0.781. The summed E-state index contributed by atoms with van der Waals surface area (Å²) in [6.45, 7) is 0. The van der Waals surface area contributed by atoms with Gasteiger partial charge in [-0.25, -0.2) is 4.99 Å². The maximum Gasteiger partial charge on any atom is 0.137 e. The van der Waals surface area contributed by atoms with E-state index < -0.39 is 0 Å². The minimum Gasteiger partial charge on any atom is -0.456 e. The molecule has 0 saturated carbocycles. The standard InChI is InChI=1S/C64H40N4O/c1-2-21-46(22-3-1)67-56-27-12-10-23-47(56)49-25-14-26-50(62(49)67)55-38-54(45-30-29-39-15-4-5-16-40(39)33-45)65-64(66-55)51-31-32-59-61(53-35-42-18-7-9-20-44(42)37-60(53)69-59)63(51)68-57-28-13-11-24-48(57)52-34-41-17-6-8-19-43(41)36-58(52)68/h1-38,54H,(H,65,66)/t54-/m0/s1. The predicted molar refractivity (Wildman–Crippen MR) is 288 cm³/mol. The van der Waals surface area contributed by atoms with Crippen LogP contribution in [0.1, 0.15) is 22.7 Å². The highest BCUT2D eigenvalue weighted by Gasteiger charge is 2.29. The summed E-state index contributed by atoms with van der Waals surface area (Å²) in [5.41, 5.74) is 12.4. The lowest BCUT2D eigenvalue weighted by Gasteiger charge is -2.27. The van der Waals surface area contributed by atoms with Gasteiger partial charge in [0.15, 0.2) is 0 Å². The zero-order valence-electron chi connectivity index (χ0n) is 37.3. The highest BCUT2D eigenvalue weighted by atomic mass is 16.3. The number of aliphatic imine (C=N–C) groups is 1. The molecule has 1 N–H and O–H groups in total. The minimum absolute atomic E-state index is 0.224. The van der Waals surface area contributed by atoms with Crippen molar-refractivity contribution in [2.45, 2.75) is 6.04 Å². The van der Waals surface area contributed by atoms with E-state index in [1.165, 1.54) is 43.1 Å². The number of nitrogens with one attached hydrogen (secondary N) is 1. The molecule has 0 amide bonds. The van der Waals surface area contributed by atoms with Gasteiger partial charge in [0.05, 0.1) is 44.9 Å². The molecule has 5 heteroatoms. The van der Waals surface area contributed by atoms with Gasteiger partial charge in [-0.3, -0.25) is 0 Å². The van der Waals surface area contributed by atoms with Crippen LogP contribution in [0.25, 0.3) is 115 Å². The molecule has 0 fully saturated rings. The SMILES string of the molecule is C1=C(c2cccc3c4ccccc4n(-c4ccccc4)c23)N=C(c2ccc3oc4cc5ccccc5cc4c3c2-n2c3ccccc3c3cc4ccccc4cc32)N[C@@H]1c1ccc2ccccc2c1. The minimum atomic E-state index is -0.224. The van der Waals surface area contributed by atoms with Crippen molar-refractivity contribution in [3.63, 3.8) is 0 Å². The fourth-order valence-electron chi connectivity index (χ4n) is 11.3. The lowest BCUT2D eigenvalue weighted by Crippen LogP contribution is -2.32. The number of furan rings is 1. The number of rotatable bonds is 5. The fourth-order valence-corrected chi connectivity index (χ4v) is 11.3. The molecule has 69 heavy (non-hydrogen) atoms. The molecule has 0 aliphatic carbocycles. The fraction of sp³-hybridized carbons (Fsp3) is 0.0156. The molecule has 3 aromatic heterocycles. The van der Waals surface area contributed by atoms with Crippen molar-refractivity contribution in [2.24, 2.45) is 4.99 Å². The zero-order valence-corrected chi connectivity index (χ0v) is 37.3. The first-order valence-corrected chi connectivity index (χ1v) is 23.6. The van der Waals surface area contributed by atoms with Gasteiger partial charge in [0, 0.05) is 43.7 Å². The normalized spacial score (nSPS) is 14.2. The summed E-state index contributed by atoms with van der Waals surface area (Å²) >= 11 is 0. The Morgan fingerprint density at radius 3 is 1.78 bits per heavy atom. The number of hydrogen-bond donors (Lipinski definition) is 1. The lowest BCUT2D eigenvalue weighted by molar-refractivity contribution is 0.669. The molecule has 0 spiro atoms. The van der Waals surface area contributed by atoms with E-state index in [4.69, 9.17) is 9.41 Å². The first kappa shape index (κ1) is 38.0. The number of amidine groups is 1. The molecule has 0 saturated heterocycles. The number of fused-ring (bicyclic) bond motifs is 12. The Hall–Kier alpha value is -9.19. The van der Waals surface area contributed by atoms with E-state index in [9.17, 15) is 0 Å². The molecule has 0 unspecified atom stereocenters. The summed E-state index contributed by atoms with van der Waals surface area (Å²) in [7, 11) is 0. The van der Waals surface area contributed by atoms with Gasteiger partial charge in [0.2, 0.25) is 0 Å². The molecule has 5 nitrogen and oxygen atoms in total. The molecule has 1 aliphatic rings.